The molecule has 0 saturated carbocycles. The van der Waals surface area contributed by atoms with Crippen LogP contribution in [0.5, 0.6) is 5.88 Å². The number of nitrogens with zero attached hydrogens (tertiary/aromatic N) is 3. The van der Waals surface area contributed by atoms with Gasteiger partial charge in [-0.1, -0.05) is 0 Å². The smallest absolute Gasteiger partial charge is 0.225 e. The molecule has 2 fully saturated rings. The van der Waals surface area contributed by atoms with Gasteiger partial charge in [0.1, 0.15) is 12.1 Å². The number of rotatable bonds is 3. The lowest BCUT2D eigenvalue weighted by Gasteiger charge is -2.36. The first-order chi connectivity index (χ1) is 9.29. The Bertz CT molecular complexity index is 479. The number of carbonyl (C=O) groups is 1. The SMILES string of the molecule is CCOc1cc(N2CCC[C@H]3C(=O)NC[C@H]32)ncn1. The summed E-state index contributed by atoms with van der Waals surface area (Å²) in [7, 11) is 0. The first-order valence-electron chi connectivity index (χ1n) is 6.79. The summed E-state index contributed by atoms with van der Waals surface area (Å²) in [5, 5.41) is 2.95. The molecule has 2 saturated heterocycles. The molecule has 0 radical (unpaired) electrons. The van der Waals surface area contributed by atoms with Gasteiger partial charge in [-0.2, -0.15) is 0 Å². The molecule has 0 spiro atoms. The fourth-order valence-corrected chi connectivity index (χ4v) is 2.95. The number of amides is 1. The van der Waals surface area contributed by atoms with Crippen molar-refractivity contribution in [2.45, 2.75) is 25.8 Å². The predicted octanol–water partition coefficient (Wildman–Crippen LogP) is 0.590. The molecule has 1 N–H and O–H groups in total. The topological polar surface area (TPSA) is 67.3 Å². The minimum absolute atomic E-state index is 0.0965. The number of carbonyl (C=O) groups excluding carboxylic acids is 1. The van der Waals surface area contributed by atoms with Gasteiger partial charge in [0.2, 0.25) is 11.8 Å². The van der Waals surface area contributed by atoms with Crippen LogP contribution in [-0.4, -0.2) is 41.6 Å². The average Bonchev–Trinajstić information content (AvgIpc) is 2.81. The van der Waals surface area contributed by atoms with Crippen molar-refractivity contribution >= 4 is 11.7 Å². The molecule has 102 valence electrons. The van der Waals surface area contributed by atoms with Crippen LogP contribution in [0.3, 0.4) is 0 Å². The molecule has 0 aliphatic carbocycles. The third-order valence-corrected chi connectivity index (χ3v) is 3.82. The van der Waals surface area contributed by atoms with E-state index in [1.807, 2.05) is 13.0 Å². The summed E-state index contributed by atoms with van der Waals surface area (Å²) < 4.78 is 5.41. The summed E-state index contributed by atoms with van der Waals surface area (Å²) >= 11 is 0. The Labute approximate surface area is 112 Å². The van der Waals surface area contributed by atoms with Crippen molar-refractivity contribution in [3.05, 3.63) is 12.4 Å². The van der Waals surface area contributed by atoms with Crippen molar-refractivity contribution < 1.29 is 9.53 Å². The zero-order chi connectivity index (χ0) is 13.2. The van der Waals surface area contributed by atoms with E-state index in [0.717, 1.165) is 25.2 Å². The van der Waals surface area contributed by atoms with Crippen molar-refractivity contribution in [1.82, 2.24) is 15.3 Å². The Morgan fingerprint density at radius 1 is 1.53 bits per heavy atom. The highest BCUT2D eigenvalue weighted by Gasteiger charge is 2.41. The van der Waals surface area contributed by atoms with Gasteiger partial charge in [0.05, 0.1) is 18.6 Å². The molecule has 2 atom stereocenters. The monoisotopic (exact) mass is 262 g/mol. The highest BCUT2D eigenvalue weighted by Crippen LogP contribution is 2.31. The molecule has 0 bridgehead atoms. The lowest BCUT2D eigenvalue weighted by Crippen LogP contribution is -2.46. The van der Waals surface area contributed by atoms with E-state index in [1.165, 1.54) is 6.33 Å². The Hall–Kier alpha value is -1.85. The predicted molar refractivity (Wildman–Crippen MR) is 70.1 cm³/mol. The highest BCUT2D eigenvalue weighted by atomic mass is 16.5. The van der Waals surface area contributed by atoms with Gasteiger partial charge in [0, 0.05) is 19.2 Å². The zero-order valence-corrected chi connectivity index (χ0v) is 11.0. The zero-order valence-electron chi connectivity index (χ0n) is 11.0. The summed E-state index contributed by atoms with van der Waals surface area (Å²) in [6, 6.07) is 2.07. The quantitative estimate of drug-likeness (QED) is 0.863. The number of anilines is 1. The number of ether oxygens (including phenoxy) is 1. The van der Waals surface area contributed by atoms with Gasteiger partial charge in [-0.15, -0.1) is 0 Å². The maximum Gasteiger partial charge on any atom is 0.225 e. The Kier molecular flexibility index (Phi) is 3.23. The van der Waals surface area contributed by atoms with Crippen molar-refractivity contribution in [1.29, 1.82) is 0 Å². The molecule has 3 heterocycles. The lowest BCUT2D eigenvalue weighted by molar-refractivity contribution is -0.122. The van der Waals surface area contributed by atoms with E-state index in [2.05, 4.69) is 20.2 Å². The maximum atomic E-state index is 11.8. The van der Waals surface area contributed by atoms with Crippen LogP contribution in [0.1, 0.15) is 19.8 Å². The first-order valence-corrected chi connectivity index (χ1v) is 6.79. The Morgan fingerprint density at radius 3 is 3.26 bits per heavy atom. The summed E-state index contributed by atoms with van der Waals surface area (Å²) in [6.45, 7) is 4.15. The number of aromatic nitrogens is 2. The third kappa shape index (κ3) is 2.22. The minimum atomic E-state index is 0.0965. The molecule has 2 aliphatic rings. The van der Waals surface area contributed by atoms with Crippen LogP contribution in [0.4, 0.5) is 5.82 Å². The number of hydrogen-bond acceptors (Lipinski definition) is 5. The molecule has 1 amide bonds. The molecular formula is C13H18N4O2. The Balaban J connectivity index is 1.84. The van der Waals surface area contributed by atoms with Crippen LogP contribution in [0.25, 0.3) is 0 Å². The van der Waals surface area contributed by atoms with Crippen molar-refractivity contribution in [3.8, 4) is 5.88 Å². The second kappa shape index (κ2) is 5.03. The molecule has 0 unspecified atom stereocenters. The van der Waals surface area contributed by atoms with E-state index in [0.29, 0.717) is 19.0 Å². The van der Waals surface area contributed by atoms with Crippen LogP contribution in [0.2, 0.25) is 0 Å². The second-order valence-corrected chi connectivity index (χ2v) is 4.90. The summed E-state index contributed by atoms with van der Waals surface area (Å²) in [6.07, 6.45) is 3.51. The molecule has 19 heavy (non-hydrogen) atoms. The minimum Gasteiger partial charge on any atom is -0.478 e. The normalized spacial score (nSPS) is 25.9. The number of hydrogen-bond donors (Lipinski definition) is 1. The molecule has 6 nitrogen and oxygen atoms in total. The van der Waals surface area contributed by atoms with E-state index < -0.39 is 0 Å². The van der Waals surface area contributed by atoms with Crippen molar-refractivity contribution in [3.63, 3.8) is 0 Å². The number of fused-ring (bicyclic) bond motifs is 1. The second-order valence-electron chi connectivity index (χ2n) is 4.90. The molecular weight excluding hydrogens is 244 g/mol. The van der Waals surface area contributed by atoms with Gasteiger partial charge in [0.25, 0.3) is 0 Å². The van der Waals surface area contributed by atoms with Crippen molar-refractivity contribution in [2.75, 3.05) is 24.6 Å². The first kappa shape index (κ1) is 12.2. The molecule has 1 aromatic rings. The van der Waals surface area contributed by atoms with E-state index in [-0.39, 0.29) is 17.9 Å². The van der Waals surface area contributed by atoms with Gasteiger partial charge >= 0.3 is 0 Å². The molecule has 1 aromatic heterocycles. The fourth-order valence-electron chi connectivity index (χ4n) is 2.95. The standard InChI is InChI=1S/C13H18N4O2/c1-2-19-12-6-11(15-8-16-12)17-5-3-4-9-10(17)7-14-13(9)18/h6,8-10H,2-5,7H2,1H3,(H,14,18)/t9-,10-/m1/s1. The van der Waals surface area contributed by atoms with E-state index in [9.17, 15) is 4.79 Å². The van der Waals surface area contributed by atoms with Gasteiger partial charge in [-0.05, 0) is 19.8 Å². The van der Waals surface area contributed by atoms with Crippen molar-refractivity contribution in [2.24, 2.45) is 5.92 Å². The molecule has 3 rings (SSSR count). The van der Waals surface area contributed by atoms with Gasteiger partial charge in [0.15, 0.2) is 0 Å². The molecule has 6 heteroatoms. The molecule has 2 aliphatic heterocycles. The van der Waals surface area contributed by atoms with Crippen LogP contribution in [0, 0.1) is 5.92 Å². The largest absolute Gasteiger partial charge is 0.478 e. The number of piperidine rings is 1. The fraction of sp³-hybridized carbons (Fsp3) is 0.615. The maximum absolute atomic E-state index is 11.8. The van der Waals surface area contributed by atoms with Gasteiger partial charge < -0.3 is 15.0 Å². The van der Waals surface area contributed by atoms with Crippen LogP contribution in [-0.2, 0) is 4.79 Å². The average molecular weight is 262 g/mol. The Morgan fingerprint density at radius 2 is 2.42 bits per heavy atom. The number of nitrogens with one attached hydrogen (secondary N) is 1. The highest BCUT2D eigenvalue weighted by molar-refractivity contribution is 5.83. The van der Waals surface area contributed by atoms with E-state index in [4.69, 9.17) is 4.74 Å². The summed E-state index contributed by atoms with van der Waals surface area (Å²) in [5.41, 5.74) is 0. The van der Waals surface area contributed by atoms with Crippen LogP contribution in [0.15, 0.2) is 12.4 Å². The summed E-state index contributed by atoms with van der Waals surface area (Å²) in [4.78, 5) is 22.4. The van der Waals surface area contributed by atoms with Gasteiger partial charge in [-0.25, -0.2) is 9.97 Å². The molecule has 0 aromatic carbocycles. The third-order valence-electron chi connectivity index (χ3n) is 3.82. The van der Waals surface area contributed by atoms with Crippen LogP contribution < -0.4 is 15.0 Å². The lowest BCUT2D eigenvalue weighted by atomic mass is 9.91. The van der Waals surface area contributed by atoms with Crippen LogP contribution >= 0.6 is 0 Å². The van der Waals surface area contributed by atoms with E-state index in [1.54, 1.807) is 0 Å². The summed E-state index contributed by atoms with van der Waals surface area (Å²) in [5.74, 6) is 1.71. The van der Waals surface area contributed by atoms with E-state index >= 15 is 0 Å². The van der Waals surface area contributed by atoms with Gasteiger partial charge in [-0.3, -0.25) is 4.79 Å².